The highest BCUT2D eigenvalue weighted by Gasteiger charge is 2.15. The number of aliphatic hydroxyl groups is 1. The molecule has 0 aliphatic rings. The summed E-state index contributed by atoms with van der Waals surface area (Å²) in [5.41, 5.74) is 2.34. The first kappa shape index (κ1) is 10.9. The van der Waals surface area contributed by atoms with Crippen LogP contribution < -0.4 is 0 Å². The summed E-state index contributed by atoms with van der Waals surface area (Å²) < 4.78 is 1.80. The molecule has 90 valence electrons. The van der Waals surface area contributed by atoms with Crippen LogP contribution in [-0.4, -0.2) is 24.6 Å². The van der Waals surface area contributed by atoms with Crippen molar-refractivity contribution in [1.82, 2.24) is 19.5 Å². The summed E-state index contributed by atoms with van der Waals surface area (Å²) in [4.78, 5) is 12.6. The molecule has 5 heteroatoms. The molecule has 1 N–H and O–H groups in total. The van der Waals surface area contributed by atoms with Gasteiger partial charge in [0.25, 0.3) is 0 Å². The van der Waals surface area contributed by atoms with E-state index in [1.165, 1.54) is 0 Å². The summed E-state index contributed by atoms with van der Waals surface area (Å²) in [6, 6.07) is 5.53. The number of aromatic nitrogens is 4. The van der Waals surface area contributed by atoms with Crippen LogP contribution in [0, 0.1) is 0 Å². The second-order valence-corrected chi connectivity index (χ2v) is 4.10. The van der Waals surface area contributed by atoms with Gasteiger partial charge in [0.15, 0.2) is 0 Å². The molecule has 2 heterocycles. The second kappa shape index (κ2) is 4.19. The fourth-order valence-electron chi connectivity index (χ4n) is 1.94. The second-order valence-electron chi connectivity index (χ2n) is 4.10. The number of benzene rings is 1. The topological polar surface area (TPSA) is 63.8 Å². The van der Waals surface area contributed by atoms with Gasteiger partial charge in [-0.05, 0) is 17.7 Å². The van der Waals surface area contributed by atoms with Crippen LogP contribution in [0.3, 0.4) is 0 Å². The zero-order chi connectivity index (χ0) is 12.5. The number of aliphatic hydroxyl groups excluding tert-OH is 1. The Labute approximate surface area is 104 Å². The molecule has 0 fully saturated rings. The number of fused-ring (bicyclic) bond motifs is 1. The molecule has 0 bridgehead atoms. The van der Waals surface area contributed by atoms with Gasteiger partial charge in [-0.3, -0.25) is 9.97 Å². The monoisotopic (exact) mass is 240 g/mol. The molecule has 18 heavy (non-hydrogen) atoms. The molecule has 1 aromatic carbocycles. The molecule has 0 amide bonds. The molecular weight excluding hydrogens is 228 g/mol. The van der Waals surface area contributed by atoms with Gasteiger partial charge in [0.1, 0.15) is 11.9 Å². The van der Waals surface area contributed by atoms with Gasteiger partial charge in [0.05, 0.1) is 11.0 Å². The van der Waals surface area contributed by atoms with E-state index >= 15 is 0 Å². The summed E-state index contributed by atoms with van der Waals surface area (Å²) >= 11 is 0. The van der Waals surface area contributed by atoms with E-state index in [2.05, 4.69) is 15.0 Å². The first-order chi connectivity index (χ1) is 8.75. The molecule has 3 rings (SSSR count). The predicted molar refractivity (Wildman–Crippen MR) is 66.8 cm³/mol. The van der Waals surface area contributed by atoms with Crippen LogP contribution in [0.5, 0.6) is 0 Å². The van der Waals surface area contributed by atoms with Crippen LogP contribution in [0.15, 0.2) is 43.0 Å². The summed E-state index contributed by atoms with van der Waals surface area (Å²) in [5, 5.41) is 10.3. The van der Waals surface area contributed by atoms with Crippen LogP contribution in [0.2, 0.25) is 0 Å². The van der Waals surface area contributed by atoms with Crippen LogP contribution in [-0.2, 0) is 7.05 Å². The zero-order valence-corrected chi connectivity index (χ0v) is 9.85. The minimum absolute atomic E-state index is 0.609. The molecule has 1 unspecified atom stereocenters. The largest absolute Gasteiger partial charge is 0.380 e. The molecule has 0 aliphatic heterocycles. The Morgan fingerprint density at radius 2 is 1.83 bits per heavy atom. The van der Waals surface area contributed by atoms with Gasteiger partial charge < -0.3 is 9.67 Å². The molecule has 0 radical (unpaired) electrons. The van der Waals surface area contributed by atoms with Gasteiger partial charge in [0, 0.05) is 31.8 Å². The zero-order valence-electron chi connectivity index (χ0n) is 9.85. The Bertz CT molecular complexity index is 692. The number of rotatable bonds is 2. The summed E-state index contributed by atoms with van der Waals surface area (Å²) in [7, 11) is 1.85. The summed E-state index contributed by atoms with van der Waals surface area (Å²) in [5.74, 6) is 0.609. The molecule has 3 aromatic rings. The molecule has 0 saturated carbocycles. The van der Waals surface area contributed by atoms with Crippen molar-refractivity contribution in [3.05, 3.63) is 54.4 Å². The van der Waals surface area contributed by atoms with Crippen molar-refractivity contribution in [2.24, 2.45) is 7.05 Å². The van der Waals surface area contributed by atoms with Gasteiger partial charge in [0.2, 0.25) is 0 Å². The number of hydrogen-bond donors (Lipinski definition) is 1. The number of imidazole rings is 1. The van der Waals surface area contributed by atoms with E-state index in [0.717, 1.165) is 16.6 Å². The molecule has 5 nitrogen and oxygen atoms in total. The molecule has 0 spiro atoms. The smallest absolute Gasteiger partial charge is 0.142 e. The number of aryl methyl sites for hydroxylation is 1. The first-order valence-electron chi connectivity index (χ1n) is 5.61. The maximum atomic E-state index is 10.3. The average Bonchev–Trinajstić information content (AvgIpc) is 2.83. The maximum absolute atomic E-state index is 10.3. The van der Waals surface area contributed by atoms with Gasteiger partial charge in [-0.2, -0.15) is 0 Å². The van der Waals surface area contributed by atoms with Crippen LogP contribution in [0.4, 0.5) is 0 Å². The fourth-order valence-corrected chi connectivity index (χ4v) is 1.94. The van der Waals surface area contributed by atoms with Crippen molar-refractivity contribution in [3.63, 3.8) is 0 Å². The quantitative estimate of drug-likeness (QED) is 0.736. The lowest BCUT2D eigenvalue weighted by molar-refractivity contribution is 0.206. The van der Waals surface area contributed by atoms with E-state index in [1.54, 1.807) is 29.4 Å². The van der Waals surface area contributed by atoms with E-state index < -0.39 is 6.10 Å². The highest BCUT2D eigenvalue weighted by atomic mass is 16.3. The van der Waals surface area contributed by atoms with E-state index in [0.29, 0.717) is 5.82 Å². The molecule has 0 saturated heterocycles. The number of hydrogen-bond acceptors (Lipinski definition) is 4. The average molecular weight is 240 g/mol. The fraction of sp³-hybridized carbons (Fsp3) is 0.154. The molecule has 0 aliphatic carbocycles. The third-order valence-electron chi connectivity index (χ3n) is 2.91. The lowest BCUT2D eigenvalue weighted by Gasteiger charge is -2.11. The van der Waals surface area contributed by atoms with Crippen molar-refractivity contribution in [2.75, 3.05) is 0 Å². The lowest BCUT2D eigenvalue weighted by atomic mass is 10.1. The standard InChI is InChI=1S/C13H12N4O/c1-17-7-6-16-13(17)12(18)9-2-3-10-11(8-9)15-5-4-14-10/h2-8,12,18H,1H3. The Morgan fingerprint density at radius 3 is 2.56 bits per heavy atom. The van der Waals surface area contributed by atoms with E-state index in [-0.39, 0.29) is 0 Å². The predicted octanol–water partition coefficient (Wildman–Crippen LogP) is 1.44. The SMILES string of the molecule is Cn1ccnc1C(O)c1ccc2nccnc2c1. The van der Waals surface area contributed by atoms with Gasteiger partial charge in [-0.25, -0.2) is 4.98 Å². The Kier molecular flexibility index (Phi) is 2.53. The Balaban J connectivity index is 2.07. The maximum Gasteiger partial charge on any atom is 0.142 e. The Morgan fingerprint density at radius 1 is 1.06 bits per heavy atom. The van der Waals surface area contributed by atoms with Crippen molar-refractivity contribution in [1.29, 1.82) is 0 Å². The molecule has 2 aromatic heterocycles. The van der Waals surface area contributed by atoms with Crippen molar-refractivity contribution >= 4 is 11.0 Å². The van der Waals surface area contributed by atoms with E-state index in [9.17, 15) is 5.11 Å². The minimum atomic E-state index is -0.753. The van der Waals surface area contributed by atoms with Gasteiger partial charge in [-0.15, -0.1) is 0 Å². The molecule has 1 atom stereocenters. The van der Waals surface area contributed by atoms with Crippen molar-refractivity contribution in [3.8, 4) is 0 Å². The van der Waals surface area contributed by atoms with E-state index in [1.807, 2.05) is 25.2 Å². The normalized spacial score (nSPS) is 12.8. The highest BCUT2D eigenvalue weighted by molar-refractivity contribution is 5.74. The van der Waals surface area contributed by atoms with Crippen LogP contribution in [0.25, 0.3) is 11.0 Å². The van der Waals surface area contributed by atoms with Crippen LogP contribution >= 0.6 is 0 Å². The summed E-state index contributed by atoms with van der Waals surface area (Å²) in [6.45, 7) is 0. The van der Waals surface area contributed by atoms with E-state index in [4.69, 9.17) is 0 Å². The van der Waals surface area contributed by atoms with Crippen molar-refractivity contribution < 1.29 is 5.11 Å². The highest BCUT2D eigenvalue weighted by Crippen LogP contribution is 2.22. The summed E-state index contributed by atoms with van der Waals surface area (Å²) in [6.07, 6.45) is 6.01. The molecular formula is C13H12N4O. The van der Waals surface area contributed by atoms with Crippen LogP contribution in [0.1, 0.15) is 17.5 Å². The Hall–Kier alpha value is -2.27. The lowest BCUT2D eigenvalue weighted by Crippen LogP contribution is -2.07. The van der Waals surface area contributed by atoms with Crippen molar-refractivity contribution in [2.45, 2.75) is 6.10 Å². The third kappa shape index (κ3) is 1.74. The minimum Gasteiger partial charge on any atom is -0.380 e. The number of nitrogens with zero attached hydrogens (tertiary/aromatic N) is 4. The van der Waals surface area contributed by atoms with Gasteiger partial charge >= 0.3 is 0 Å². The third-order valence-corrected chi connectivity index (χ3v) is 2.91. The first-order valence-corrected chi connectivity index (χ1v) is 5.61. The van der Waals surface area contributed by atoms with Gasteiger partial charge in [-0.1, -0.05) is 6.07 Å².